The third-order valence-corrected chi connectivity index (χ3v) is 3.39. The van der Waals surface area contributed by atoms with Gasteiger partial charge in [-0.05, 0) is 12.1 Å². The van der Waals surface area contributed by atoms with Crippen molar-refractivity contribution in [2.24, 2.45) is 10.7 Å². The summed E-state index contributed by atoms with van der Waals surface area (Å²) in [5.41, 5.74) is 6.01. The highest BCUT2D eigenvalue weighted by Crippen LogP contribution is 2.11. The van der Waals surface area contributed by atoms with E-state index in [1.54, 1.807) is 18.2 Å². The van der Waals surface area contributed by atoms with E-state index in [9.17, 15) is 13.6 Å². The summed E-state index contributed by atoms with van der Waals surface area (Å²) in [4.78, 5) is 25.6. The second kappa shape index (κ2) is 7.51. The van der Waals surface area contributed by atoms with Crippen LogP contribution >= 0.6 is 0 Å². The van der Waals surface area contributed by atoms with Crippen LogP contribution in [-0.4, -0.2) is 20.7 Å². The Morgan fingerprint density at radius 2 is 2.08 bits per heavy atom. The Morgan fingerprint density at radius 3 is 2.77 bits per heavy atom. The summed E-state index contributed by atoms with van der Waals surface area (Å²) in [6.45, 7) is 0.0337. The first-order valence-electron chi connectivity index (χ1n) is 7.43. The summed E-state index contributed by atoms with van der Waals surface area (Å²) in [5.74, 6) is -1.44. The summed E-state index contributed by atoms with van der Waals surface area (Å²) < 4.78 is 31.7. The second-order valence-corrected chi connectivity index (χ2v) is 5.18. The molecule has 0 saturated carbocycles. The third kappa shape index (κ3) is 3.89. The van der Waals surface area contributed by atoms with Gasteiger partial charge in [-0.15, -0.1) is 0 Å². The third-order valence-electron chi connectivity index (χ3n) is 3.39. The molecule has 2 aromatic heterocycles. The summed E-state index contributed by atoms with van der Waals surface area (Å²) >= 11 is 0. The molecule has 0 atom stereocenters. The highest BCUT2D eigenvalue weighted by Gasteiger charge is 2.10. The number of nitrogens with one attached hydrogen (secondary N) is 1. The van der Waals surface area contributed by atoms with Gasteiger partial charge in [0, 0.05) is 5.56 Å². The predicted molar refractivity (Wildman–Crippen MR) is 90.1 cm³/mol. The SMILES string of the molecule is N/C(=C\C(=NCc1ccccc1F)c1cocn1)c1ncc(F)c(=O)[nH]1. The summed E-state index contributed by atoms with van der Waals surface area (Å²) in [5, 5.41) is 0. The normalized spacial score (nSPS) is 12.4. The van der Waals surface area contributed by atoms with Crippen LogP contribution < -0.4 is 11.3 Å². The molecule has 0 saturated heterocycles. The van der Waals surface area contributed by atoms with Gasteiger partial charge in [0.1, 0.15) is 17.8 Å². The van der Waals surface area contributed by atoms with Crippen molar-refractivity contribution in [1.82, 2.24) is 15.0 Å². The van der Waals surface area contributed by atoms with E-state index >= 15 is 0 Å². The fourth-order valence-corrected chi connectivity index (χ4v) is 2.08. The molecule has 0 aliphatic rings. The first-order chi connectivity index (χ1) is 12.5. The highest BCUT2D eigenvalue weighted by molar-refractivity contribution is 6.10. The Bertz CT molecular complexity index is 1030. The van der Waals surface area contributed by atoms with Gasteiger partial charge in [0.2, 0.25) is 5.82 Å². The zero-order chi connectivity index (χ0) is 18.5. The van der Waals surface area contributed by atoms with Crippen LogP contribution in [-0.2, 0) is 6.54 Å². The van der Waals surface area contributed by atoms with Crippen molar-refractivity contribution in [2.75, 3.05) is 0 Å². The van der Waals surface area contributed by atoms with Crippen molar-refractivity contribution in [3.05, 3.63) is 88.3 Å². The van der Waals surface area contributed by atoms with Gasteiger partial charge in [0.25, 0.3) is 5.56 Å². The smallest absolute Gasteiger partial charge is 0.287 e. The van der Waals surface area contributed by atoms with Crippen molar-refractivity contribution in [3.8, 4) is 0 Å². The zero-order valence-electron chi connectivity index (χ0n) is 13.3. The fraction of sp³-hybridized carbons (Fsp3) is 0.0588. The molecule has 0 bridgehead atoms. The van der Waals surface area contributed by atoms with Crippen molar-refractivity contribution >= 4 is 11.4 Å². The number of halogens is 2. The van der Waals surface area contributed by atoms with E-state index in [-0.39, 0.29) is 23.8 Å². The lowest BCUT2D eigenvalue weighted by Crippen LogP contribution is -2.17. The quantitative estimate of drug-likeness (QED) is 0.679. The van der Waals surface area contributed by atoms with Crippen LogP contribution in [0.3, 0.4) is 0 Å². The van der Waals surface area contributed by atoms with E-state index < -0.39 is 17.2 Å². The lowest BCUT2D eigenvalue weighted by atomic mass is 10.2. The van der Waals surface area contributed by atoms with E-state index in [0.29, 0.717) is 11.3 Å². The monoisotopic (exact) mass is 357 g/mol. The average molecular weight is 357 g/mol. The molecule has 0 amide bonds. The van der Waals surface area contributed by atoms with E-state index in [1.807, 2.05) is 0 Å². The number of oxazole rings is 1. The van der Waals surface area contributed by atoms with Crippen LogP contribution in [0.1, 0.15) is 17.1 Å². The van der Waals surface area contributed by atoms with Gasteiger partial charge >= 0.3 is 0 Å². The van der Waals surface area contributed by atoms with Gasteiger partial charge in [0.05, 0.1) is 24.2 Å². The first kappa shape index (κ1) is 17.2. The second-order valence-electron chi connectivity index (χ2n) is 5.18. The maximum absolute atomic E-state index is 13.8. The molecular formula is C17H13F2N5O2. The maximum atomic E-state index is 13.8. The van der Waals surface area contributed by atoms with Crippen molar-refractivity contribution in [3.63, 3.8) is 0 Å². The topological polar surface area (TPSA) is 110 Å². The van der Waals surface area contributed by atoms with Gasteiger partial charge in [-0.3, -0.25) is 9.79 Å². The van der Waals surface area contributed by atoms with Crippen molar-refractivity contribution < 1.29 is 13.2 Å². The Morgan fingerprint density at radius 1 is 1.27 bits per heavy atom. The largest absolute Gasteiger partial charge is 0.451 e. The number of rotatable bonds is 5. The Balaban J connectivity index is 1.96. The van der Waals surface area contributed by atoms with Gasteiger partial charge in [-0.1, -0.05) is 18.2 Å². The fourth-order valence-electron chi connectivity index (χ4n) is 2.08. The molecule has 0 spiro atoms. The van der Waals surface area contributed by atoms with E-state index in [1.165, 1.54) is 24.8 Å². The lowest BCUT2D eigenvalue weighted by Gasteiger charge is -2.04. The van der Waals surface area contributed by atoms with E-state index in [4.69, 9.17) is 10.2 Å². The number of nitrogens with zero attached hydrogens (tertiary/aromatic N) is 3. The maximum Gasteiger partial charge on any atom is 0.287 e. The Labute approximate surface area is 145 Å². The number of hydrogen-bond donors (Lipinski definition) is 2. The lowest BCUT2D eigenvalue weighted by molar-refractivity contribution is 0.557. The molecule has 3 N–H and O–H groups in total. The molecule has 132 valence electrons. The Kier molecular flexibility index (Phi) is 4.97. The Hall–Kier alpha value is -3.62. The predicted octanol–water partition coefficient (Wildman–Crippen LogP) is 2.03. The number of hydrogen-bond acceptors (Lipinski definition) is 6. The molecule has 26 heavy (non-hydrogen) atoms. The molecular weight excluding hydrogens is 344 g/mol. The molecule has 0 aliphatic carbocycles. The van der Waals surface area contributed by atoms with Crippen LogP contribution in [0.25, 0.3) is 5.70 Å². The number of aliphatic imine (C=N–C) groups is 1. The van der Waals surface area contributed by atoms with Gasteiger partial charge in [0.15, 0.2) is 12.2 Å². The molecule has 0 aliphatic heterocycles. The number of nitrogens with two attached hydrogens (primary N) is 1. The summed E-state index contributed by atoms with van der Waals surface area (Å²) in [6, 6.07) is 6.21. The number of allylic oxidation sites excluding steroid dienone is 1. The van der Waals surface area contributed by atoms with Crippen LogP contribution in [0.4, 0.5) is 8.78 Å². The summed E-state index contributed by atoms with van der Waals surface area (Å²) in [6.07, 6.45) is 4.69. The molecule has 0 radical (unpaired) electrons. The molecule has 7 nitrogen and oxygen atoms in total. The highest BCUT2D eigenvalue weighted by atomic mass is 19.1. The minimum atomic E-state index is -1.02. The molecule has 9 heteroatoms. The van der Waals surface area contributed by atoms with Crippen LogP contribution in [0.15, 0.2) is 63.4 Å². The van der Waals surface area contributed by atoms with Gasteiger partial charge < -0.3 is 15.1 Å². The molecule has 1 aromatic carbocycles. The van der Waals surface area contributed by atoms with Crippen molar-refractivity contribution in [1.29, 1.82) is 0 Å². The van der Waals surface area contributed by atoms with E-state index in [0.717, 1.165) is 6.20 Å². The summed E-state index contributed by atoms with van der Waals surface area (Å²) in [7, 11) is 0. The average Bonchev–Trinajstić information content (AvgIpc) is 3.16. The van der Waals surface area contributed by atoms with Crippen molar-refractivity contribution in [2.45, 2.75) is 6.54 Å². The minimum Gasteiger partial charge on any atom is -0.451 e. The van der Waals surface area contributed by atoms with Crippen LogP contribution in [0, 0.1) is 11.6 Å². The van der Waals surface area contributed by atoms with Crippen LogP contribution in [0.5, 0.6) is 0 Å². The number of benzene rings is 1. The molecule has 0 unspecified atom stereocenters. The van der Waals surface area contributed by atoms with Gasteiger partial charge in [-0.2, -0.15) is 4.39 Å². The standard InChI is InChI=1S/C17H13F2N5O2/c18-11-4-2-1-3-10(11)6-21-14(15-8-26-9-23-15)5-13(20)16-22-7-12(19)17(25)24-16/h1-5,7-9H,6,20H2,(H,22,24,25)/b13-5-,21-14?. The molecule has 3 rings (SSSR count). The van der Waals surface area contributed by atoms with Gasteiger partial charge in [-0.25, -0.2) is 14.4 Å². The number of aromatic amines is 1. The first-order valence-corrected chi connectivity index (χ1v) is 7.43. The molecule has 0 fully saturated rings. The van der Waals surface area contributed by atoms with E-state index in [2.05, 4.69) is 19.9 Å². The molecule has 2 heterocycles. The number of aromatic nitrogens is 3. The zero-order valence-corrected chi connectivity index (χ0v) is 13.3. The molecule has 3 aromatic rings. The minimum absolute atomic E-state index is 0.0254. The van der Waals surface area contributed by atoms with Crippen LogP contribution in [0.2, 0.25) is 0 Å². The number of H-pyrrole nitrogens is 1.